The average Bonchev–Trinajstić information content (AvgIpc) is 2.90. The van der Waals surface area contributed by atoms with Crippen molar-refractivity contribution in [1.29, 1.82) is 0 Å². The van der Waals surface area contributed by atoms with Gasteiger partial charge >= 0.3 is 0 Å². The number of hydrogen-bond donors (Lipinski definition) is 1. The van der Waals surface area contributed by atoms with Gasteiger partial charge in [-0.3, -0.25) is 4.90 Å². The van der Waals surface area contributed by atoms with Gasteiger partial charge in [0.15, 0.2) is 17.5 Å². The second-order valence-corrected chi connectivity index (χ2v) is 5.53. The molecule has 0 amide bonds. The summed E-state index contributed by atoms with van der Waals surface area (Å²) in [6.45, 7) is 4.40. The zero-order valence-corrected chi connectivity index (χ0v) is 12.7. The summed E-state index contributed by atoms with van der Waals surface area (Å²) >= 11 is 0. The van der Waals surface area contributed by atoms with Crippen LogP contribution in [-0.2, 0) is 17.7 Å². The van der Waals surface area contributed by atoms with E-state index in [9.17, 15) is 8.78 Å². The molecule has 0 saturated carbocycles. The van der Waals surface area contributed by atoms with Gasteiger partial charge in [-0.2, -0.15) is 0 Å². The predicted molar refractivity (Wildman–Crippen MR) is 80.9 cm³/mol. The smallest absolute Gasteiger partial charge is 0.169 e. The third-order valence-corrected chi connectivity index (χ3v) is 3.95. The number of rotatable bonds is 5. The molecule has 23 heavy (non-hydrogen) atoms. The van der Waals surface area contributed by atoms with Crippen molar-refractivity contribution in [3.8, 4) is 0 Å². The Morgan fingerprint density at radius 1 is 1.17 bits per heavy atom. The number of aromatic nitrogens is 3. The van der Waals surface area contributed by atoms with E-state index in [0.717, 1.165) is 44.6 Å². The van der Waals surface area contributed by atoms with Crippen LogP contribution < -0.4 is 5.73 Å². The second kappa shape index (κ2) is 7.01. The molecule has 2 heterocycles. The Kier molecular flexibility index (Phi) is 4.82. The van der Waals surface area contributed by atoms with Crippen LogP contribution in [0.25, 0.3) is 0 Å². The van der Waals surface area contributed by atoms with Gasteiger partial charge in [0.2, 0.25) is 0 Å². The standard InChI is InChI=1S/C15H19F2N5O/c16-12-2-1-11(9-13(12)17)10-22-14(15(18)19-20-22)3-4-21-5-7-23-8-6-21/h1-2,9H,3-8,10,18H2. The molecule has 1 saturated heterocycles. The summed E-state index contributed by atoms with van der Waals surface area (Å²) in [4.78, 5) is 2.29. The van der Waals surface area contributed by atoms with E-state index in [4.69, 9.17) is 10.5 Å². The molecule has 0 radical (unpaired) electrons. The first-order valence-electron chi connectivity index (χ1n) is 7.55. The molecule has 6 nitrogen and oxygen atoms in total. The summed E-state index contributed by atoms with van der Waals surface area (Å²) in [5.74, 6) is -1.36. The summed E-state index contributed by atoms with van der Waals surface area (Å²) in [7, 11) is 0. The lowest BCUT2D eigenvalue weighted by Crippen LogP contribution is -2.37. The molecule has 2 aromatic rings. The first-order valence-corrected chi connectivity index (χ1v) is 7.55. The topological polar surface area (TPSA) is 69.2 Å². The predicted octanol–water partition coefficient (Wildman–Crippen LogP) is 1.06. The van der Waals surface area contributed by atoms with E-state index in [1.807, 2.05) is 0 Å². The van der Waals surface area contributed by atoms with Crippen LogP contribution in [0.5, 0.6) is 0 Å². The van der Waals surface area contributed by atoms with Gasteiger partial charge in [0.25, 0.3) is 0 Å². The van der Waals surface area contributed by atoms with Crippen molar-refractivity contribution in [2.75, 3.05) is 38.6 Å². The molecule has 0 bridgehead atoms. The molecular weight excluding hydrogens is 304 g/mol. The number of nitrogens with two attached hydrogens (primary N) is 1. The fourth-order valence-electron chi connectivity index (χ4n) is 2.63. The molecule has 2 N–H and O–H groups in total. The summed E-state index contributed by atoms with van der Waals surface area (Å²) in [5, 5.41) is 7.91. The highest BCUT2D eigenvalue weighted by molar-refractivity contribution is 5.33. The molecule has 0 spiro atoms. The Hall–Kier alpha value is -2.06. The quantitative estimate of drug-likeness (QED) is 0.891. The van der Waals surface area contributed by atoms with Gasteiger partial charge in [-0.25, -0.2) is 13.5 Å². The molecule has 8 heteroatoms. The normalized spacial score (nSPS) is 15.9. The summed E-state index contributed by atoms with van der Waals surface area (Å²) in [6, 6.07) is 3.80. The van der Waals surface area contributed by atoms with Gasteiger partial charge < -0.3 is 10.5 Å². The van der Waals surface area contributed by atoms with Crippen molar-refractivity contribution < 1.29 is 13.5 Å². The van der Waals surface area contributed by atoms with Crippen molar-refractivity contribution in [2.45, 2.75) is 13.0 Å². The van der Waals surface area contributed by atoms with Crippen LogP contribution in [0.4, 0.5) is 14.6 Å². The molecule has 1 aromatic heterocycles. The maximum atomic E-state index is 13.3. The van der Waals surface area contributed by atoms with Crippen LogP contribution in [0, 0.1) is 11.6 Å². The van der Waals surface area contributed by atoms with Gasteiger partial charge in [-0.15, -0.1) is 5.10 Å². The molecule has 124 valence electrons. The lowest BCUT2D eigenvalue weighted by atomic mass is 10.2. The van der Waals surface area contributed by atoms with Gasteiger partial charge in [-0.05, 0) is 17.7 Å². The molecule has 0 unspecified atom stereocenters. The minimum Gasteiger partial charge on any atom is -0.381 e. The van der Waals surface area contributed by atoms with Crippen LogP contribution in [0.3, 0.4) is 0 Å². The molecule has 0 atom stereocenters. The maximum Gasteiger partial charge on any atom is 0.169 e. The average molecular weight is 323 g/mol. The maximum absolute atomic E-state index is 13.3. The van der Waals surface area contributed by atoms with Crippen molar-refractivity contribution >= 4 is 5.82 Å². The van der Waals surface area contributed by atoms with Crippen molar-refractivity contribution in [1.82, 2.24) is 19.9 Å². The van der Waals surface area contributed by atoms with Gasteiger partial charge in [0.1, 0.15) is 0 Å². The van der Waals surface area contributed by atoms with E-state index in [1.54, 1.807) is 4.68 Å². The first-order chi connectivity index (χ1) is 11.1. The Balaban J connectivity index is 1.69. The highest BCUT2D eigenvalue weighted by Gasteiger charge is 2.15. The van der Waals surface area contributed by atoms with Crippen LogP contribution in [-0.4, -0.2) is 52.7 Å². The number of morpholine rings is 1. The largest absolute Gasteiger partial charge is 0.381 e. The summed E-state index contributed by atoms with van der Waals surface area (Å²) in [5.41, 5.74) is 7.31. The Bertz CT molecular complexity index is 670. The summed E-state index contributed by atoms with van der Waals surface area (Å²) in [6.07, 6.45) is 0.697. The van der Waals surface area contributed by atoms with E-state index in [1.165, 1.54) is 12.1 Å². The SMILES string of the molecule is Nc1nnn(Cc2ccc(F)c(F)c2)c1CCN1CCOCC1. The molecular formula is C15H19F2N5O. The number of halogens is 2. The van der Waals surface area contributed by atoms with E-state index >= 15 is 0 Å². The highest BCUT2D eigenvalue weighted by atomic mass is 19.2. The van der Waals surface area contributed by atoms with Gasteiger partial charge in [0.05, 0.1) is 25.5 Å². The van der Waals surface area contributed by atoms with Crippen LogP contribution in [0.15, 0.2) is 18.2 Å². The molecule has 1 aromatic carbocycles. The number of benzene rings is 1. The molecule has 3 rings (SSSR count). The van der Waals surface area contributed by atoms with Crippen LogP contribution >= 0.6 is 0 Å². The van der Waals surface area contributed by atoms with Crippen molar-refractivity contribution in [2.24, 2.45) is 0 Å². The van der Waals surface area contributed by atoms with E-state index in [2.05, 4.69) is 15.2 Å². The Morgan fingerprint density at radius 2 is 1.96 bits per heavy atom. The third kappa shape index (κ3) is 3.83. The second-order valence-electron chi connectivity index (χ2n) is 5.53. The van der Waals surface area contributed by atoms with Gasteiger partial charge in [-0.1, -0.05) is 11.3 Å². The first kappa shape index (κ1) is 15.8. The molecule has 0 aliphatic carbocycles. The zero-order valence-electron chi connectivity index (χ0n) is 12.7. The molecule has 1 aliphatic heterocycles. The minimum atomic E-state index is -0.870. The molecule has 1 aliphatic rings. The zero-order chi connectivity index (χ0) is 16.2. The van der Waals surface area contributed by atoms with Gasteiger partial charge in [0, 0.05) is 26.1 Å². The lowest BCUT2D eigenvalue weighted by Gasteiger charge is -2.26. The monoisotopic (exact) mass is 323 g/mol. The van der Waals surface area contributed by atoms with E-state index < -0.39 is 11.6 Å². The summed E-state index contributed by atoms with van der Waals surface area (Å²) < 4.78 is 33.3. The highest BCUT2D eigenvalue weighted by Crippen LogP contribution is 2.14. The third-order valence-electron chi connectivity index (χ3n) is 3.95. The number of ether oxygens (including phenoxy) is 1. The number of nitrogen functional groups attached to an aromatic ring is 1. The lowest BCUT2D eigenvalue weighted by molar-refractivity contribution is 0.0382. The number of nitrogens with zero attached hydrogens (tertiary/aromatic N) is 4. The fraction of sp³-hybridized carbons (Fsp3) is 0.467. The van der Waals surface area contributed by atoms with E-state index in [0.29, 0.717) is 24.3 Å². The van der Waals surface area contributed by atoms with Crippen molar-refractivity contribution in [3.05, 3.63) is 41.1 Å². The van der Waals surface area contributed by atoms with Crippen LogP contribution in [0.2, 0.25) is 0 Å². The number of hydrogen-bond acceptors (Lipinski definition) is 5. The molecule has 1 fully saturated rings. The van der Waals surface area contributed by atoms with Crippen molar-refractivity contribution in [3.63, 3.8) is 0 Å². The fourth-order valence-corrected chi connectivity index (χ4v) is 2.63. The van der Waals surface area contributed by atoms with Crippen LogP contribution in [0.1, 0.15) is 11.3 Å². The minimum absolute atomic E-state index is 0.305. The Morgan fingerprint density at radius 3 is 2.70 bits per heavy atom. The van der Waals surface area contributed by atoms with E-state index in [-0.39, 0.29) is 0 Å². The number of anilines is 1. The Labute approximate surface area is 132 Å².